The van der Waals surface area contributed by atoms with Crippen LogP contribution in [0.25, 0.3) is 5.53 Å². The van der Waals surface area contributed by atoms with Gasteiger partial charge < -0.3 is 5.53 Å². The van der Waals surface area contributed by atoms with Crippen LogP contribution in [-0.2, 0) is 0 Å². The molecule has 2 aromatic carbocycles. The quantitative estimate of drug-likeness (QED) is 0.0347. The van der Waals surface area contributed by atoms with Crippen molar-refractivity contribution in [2.24, 2.45) is 0 Å². The fourth-order valence-electron chi connectivity index (χ4n) is 2.06. The zero-order valence-corrected chi connectivity index (χ0v) is 60.2. The SMILES string of the molecule is CC#N.C[Si](C)(C)C=[N+]=[N-].Cc1ccccc1C(=O)CBr.Cc1ccccc1C(=O)Cl.I[I-]I(I)I(I)I(I)I(I)I(I)I(I)I. The van der Waals surface area contributed by atoms with E-state index in [1.807, 2.05) is 50.2 Å². The summed E-state index contributed by atoms with van der Waals surface area (Å²) in [7, 11) is -3.21. The van der Waals surface area contributed by atoms with Crippen molar-refractivity contribution in [1.82, 2.24) is 0 Å². The molecule has 2 aromatic rings. The van der Waals surface area contributed by atoms with Crippen LogP contribution in [0.2, 0.25) is 19.6 Å². The number of nitriles is 1. The zero-order valence-electron chi connectivity index (χ0n) is 24.5. The predicted octanol–water partition coefficient (Wildman–Crippen LogP) is 16.0. The Morgan fingerprint density at radius 3 is 1.57 bits per heavy atom. The van der Waals surface area contributed by atoms with Crippen molar-refractivity contribution in [1.29, 1.82) is 5.26 Å². The minimum atomic E-state index is -1.20. The maximum atomic E-state index is 11.2. The summed E-state index contributed by atoms with van der Waals surface area (Å²) in [6.07, 6.45) is 0. The summed E-state index contributed by atoms with van der Waals surface area (Å²) in [5, 5.41) is 7.33. The molecule has 46 heavy (non-hydrogen) atoms. The number of Topliss-reactive ketones (excluding diaryl/α,β-unsaturated/α-hetero) is 1. The van der Waals surface area contributed by atoms with Crippen LogP contribution in [0.3, 0.4) is 0 Å². The van der Waals surface area contributed by atoms with Gasteiger partial charge in [0.25, 0.3) is 5.24 Å². The molecule has 5 nitrogen and oxygen atoms in total. The number of halogens is 17. The van der Waals surface area contributed by atoms with E-state index >= 15 is 0 Å². The average molecular weight is 2430 g/mol. The van der Waals surface area contributed by atoms with E-state index in [2.05, 4.69) is 189 Å². The van der Waals surface area contributed by atoms with Gasteiger partial charge in [-0.2, -0.15) is 10.1 Å². The molecule has 0 aliphatic carbocycles. The number of ketones is 1. The first-order valence-corrected chi connectivity index (χ1v) is 104. The third kappa shape index (κ3) is 31.6. The first kappa shape index (κ1) is 58.9. The maximum absolute atomic E-state index is 11.2. The van der Waals surface area contributed by atoms with Crippen LogP contribution in [0.4, 0.5) is 0 Å². The first-order chi connectivity index (χ1) is 21.3. The number of hydrogen-bond acceptors (Lipinski definition) is 3. The van der Waals surface area contributed by atoms with Gasteiger partial charge in [-0.15, -0.1) is 0 Å². The summed E-state index contributed by atoms with van der Waals surface area (Å²) in [6.45, 7) is 11.5. The molecule has 0 spiro atoms. The van der Waals surface area contributed by atoms with Crippen molar-refractivity contribution in [3.8, 4) is 6.07 Å². The van der Waals surface area contributed by atoms with E-state index in [0.717, 1.165) is 16.7 Å². The molecule has 2 rings (SSSR count). The summed E-state index contributed by atoms with van der Waals surface area (Å²) < 4.78 is 0. The Balaban J connectivity index is -0.000000535. The molecule has 0 N–H and O–H groups in total. The van der Waals surface area contributed by atoms with Crippen LogP contribution >= 0.6 is 224 Å². The number of rotatable bonds is 10. The molecule has 272 valence electrons. The Morgan fingerprint density at radius 2 is 1.30 bits per heavy atom. The Morgan fingerprint density at radius 1 is 0.913 bits per heavy atom. The second kappa shape index (κ2) is 36.7. The zero-order chi connectivity index (χ0) is 36.6. The Kier molecular flexibility index (Phi) is 46.9. The molecule has 0 aliphatic rings. The Bertz CT molecular complexity index is 1270. The van der Waals surface area contributed by atoms with E-state index in [1.165, 1.54) is 6.92 Å². The summed E-state index contributed by atoms with van der Waals surface area (Å²) >= 11 is 32.7. The van der Waals surface area contributed by atoms with Gasteiger partial charge in [-0.25, -0.2) is 0 Å². The molecule has 0 atom stereocenters. The fourth-order valence-corrected chi connectivity index (χ4v) is 1890. The van der Waals surface area contributed by atoms with Crippen molar-refractivity contribution in [2.45, 2.75) is 40.4 Å². The molecule has 0 aromatic heterocycles. The van der Waals surface area contributed by atoms with E-state index in [-0.39, 0.29) is 45.3 Å². The van der Waals surface area contributed by atoms with E-state index in [4.69, 9.17) is 22.4 Å². The molecule has 0 saturated heterocycles. The average Bonchev–Trinajstić information content (AvgIpc) is 2.99. The third-order valence-corrected chi connectivity index (χ3v) is 914. The van der Waals surface area contributed by atoms with E-state index in [1.54, 1.807) is 24.0 Å². The van der Waals surface area contributed by atoms with Gasteiger partial charge in [0.15, 0.2) is 13.9 Å². The number of nitrogens with zero attached hydrogens (tertiary/aromatic N) is 3. The van der Waals surface area contributed by atoms with Crippen molar-refractivity contribution < 1.29 is 27.6 Å². The molecule has 0 amide bonds. The normalized spacial score (nSPS) is 11.6. The first-order valence-electron chi connectivity index (χ1n) is 11.3. The fraction of sp³-hybridized carbons (Fsp3) is 0.304. The molecule has 23 heteroatoms. The number of aryl methyl sites for hydroxylation is 2. The number of carbonyl (C=O) groups excluding carboxylic acids is 2. The van der Waals surface area contributed by atoms with Crippen LogP contribution < -0.4 is 13.3 Å². The molecule has 0 heterocycles. The number of carbonyl (C=O) groups is 2. The standard InChI is InChI=1S/C9H9BrO.C8H7ClO.C4H10N2Si.C2H3N.I15/c1-7-4-2-3-5-8(7)9(11)6-10;1-6-4-2-3-5-7(6)8(9)10;1-7(2,3)4-6-5;1-2-3;1-9-11(4)13(6)15(8)14(7)12(5)10(2)3/h2-5H,6H2,1H3;2-5H,1H3;4H,1-3H3;1H3;/q;;;;-1. The van der Waals surface area contributed by atoms with Crippen molar-refractivity contribution in [3.63, 3.8) is 0 Å². The molecule has 0 aliphatic heterocycles. The van der Waals surface area contributed by atoms with Crippen molar-refractivity contribution >= 4 is 249 Å². The van der Waals surface area contributed by atoms with Gasteiger partial charge in [0.1, 0.15) is 0 Å². The Labute approximate surface area is 396 Å². The second-order valence-electron chi connectivity index (χ2n) is 8.32. The number of benzene rings is 2. The molecule has 0 radical (unpaired) electrons. The van der Waals surface area contributed by atoms with E-state index < -0.39 is 21.2 Å². The van der Waals surface area contributed by atoms with Gasteiger partial charge >= 0.3 is 210 Å². The molecular formula is C23H29BrClI15N3O2Si-. The van der Waals surface area contributed by atoms with Crippen LogP contribution in [0, 0.1) is 25.2 Å². The number of hydrogen-bond donors (Lipinski definition) is 0. The number of alkyl halides is 1. The predicted molar refractivity (Wildman–Crippen MR) is 331 cm³/mol. The topological polar surface area (TPSA) is 94.3 Å². The van der Waals surface area contributed by atoms with Crippen LogP contribution in [0.5, 0.6) is 0 Å². The van der Waals surface area contributed by atoms with Gasteiger partial charge in [0.05, 0.1) is 11.4 Å². The van der Waals surface area contributed by atoms with E-state index in [0.29, 0.717) is 24.1 Å². The summed E-state index contributed by atoms with van der Waals surface area (Å²) in [5.74, 6) is 1.77. The summed E-state index contributed by atoms with van der Waals surface area (Å²) in [5.41, 5.74) is 11.4. The van der Waals surface area contributed by atoms with Crippen molar-refractivity contribution in [2.75, 3.05) is 5.33 Å². The van der Waals surface area contributed by atoms with Crippen LogP contribution in [-0.4, -0.2) is 35.1 Å². The van der Waals surface area contributed by atoms with Crippen LogP contribution in [0.1, 0.15) is 38.8 Å². The van der Waals surface area contributed by atoms with Crippen molar-refractivity contribution in [3.05, 3.63) is 76.3 Å². The Hall–Kier alpha value is 8.59. The summed E-state index contributed by atoms with van der Waals surface area (Å²) in [4.78, 5) is 24.8. The molecule has 0 bridgehead atoms. The third-order valence-electron chi connectivity index (χ3n) is 3.82. The minimum absolute atomic E-state index is 0.142. The summed E-state index contributed by atoms with van der Waals surface area (Å²) in [6, 6.07) is 16.6. The molecular weight excluding hydrogens is 2400 g/mol. The van der Waals surface area contributed by atoms with Gasteiger partial charge in [0.2, 0.25) is 5.84 Å². The van der Waals surface area contributed by atoms with Gasteiger partial charge in [-0.1, -0.05) is 78.0 Å². The molecule has 0 unspecified atom stereocenters. The molecule has 0 fully saturated rings. The molecule has 0 saturated carbocycles. The second-order valence-corrected chi connectivity index (χ2v) is 323. The van der Waals surface area contributed by atoms with E-state index in [9.17, 15) is 9.59 Å². The van der Waals surface area contributed by atoms with Gasteiger partial charge in [-0.05, 0) is 42.6 Å². The monoisotopic (exact) mass is 2420 g/mol. The van der Waals surface area contributed by atoms with Gasteiger partial charge in [-0.3, -0.25) is 9.59 Å². The van der Waals surface area contributed by atoms with Crippen LogP contribution in [0.15, 0.2) is 48.5 Å². The van der Waals surface area contributed by atoms with Gasteiger partial charge in [0, 0.05) is 18.1 Å².